The monoisotopic (exact) mass is 642 g/mol. The lowest BCUT2D eigenvalue weighted by Crippen LogP contribution is -2.05. The molecule has 0 fully saturated rings. The van der Waals surface area contributed by atoms with E-state index in [1.807, 2.05) is 6.92 Å². The Labute approximate surface area is 254 Å². The Hall–Kier alpha value is -5.89. The third-order valence-electron chi connectivity index (χ3n) is 6.27. The van der Waals surface area contributed by atoms with E-state index >= 15 is 0 Å². The van der Waals surface area contributed by atoms with Crippen molar-refractivity contribution in [2.45, 2.75) is 25.7 Å². The van der Waals surface area contributed by atoms with Crippen LogP contribution in [0, 0.1) is 0 Å². The molecule has 6 rings (SSSR count). The van der Waals surface area contributed by atoms with Gasteiger partial charge < -0.3 is 4.74 Å². The van der Waals surface area contributed by atoms with Crippen LogP contribution in [0.1, 0.15) is 23.7 Å². The molecular weight excluding hydrogens is 622 g/mol. The molecule has 0 aliphatic carbocycles. The van der Waals surface area contributed by atoms with E-state index in [1.54, 1.807) is 41.0 Å². The Morgan fingerprint density at radius 3 is 1.70 bits per heavy atom. The maximum atomic E-state index is 12.8. The zero-order chi connectivity index (χ0) is 33.5. The second-order valence-electron chi connectivity index (χ2n) is 9.13. The molecular formula is C30H20F6N6O4. The molecule has 0 saturated heterocycles. The minimum atomic E-state index is -4.43. The van der Waals surface area contributed by atoms with Gasteiger partial charge in [0.25, 0.3) is 6.47 Å². The predicted octanol–water partition coefficient (Wildman–Crippen LogP) is 6.34. The lowest BCUT2D eigenvalue weighted by molar-refractivity contribution is -0.191. The molecule has 16 heteroatoms. The topological polar surface area (TPSA) is 121 Å². The van der Waals surface area contributed by atoms with Gasteiger partial charge in [-0.25, -0.2) is 14.5 Å². The van der Waals surface area contributed by atoms with Crippen molar-refractivity contribution in [3.05, 3.63) is 102 Å². The summed E-state index contributed by atoms with van der Waals surface area (Å²) in [5, 5.41) is 8.54. The quantitative estimate of drug-likeness (QED) is 0.158. The summed E-state index contributed by atoms with van der Waals surface area (Å²) in [5.74, 6) is 0.0822. The van der Waals surface area contributed by atoms with Crippen molar-refractivity contribution in [3.63, 3.8) is 0 Å². The summed E-state index contributed by atoms with van der Waals surface area (Å²) in [5.41, 5.74) is 2.08. The molecule has 236 valence electrons. The highest BCUT2D eigenvalue weighted by molar-refractivity contribution is 5.63. The van der Waals surface area contributed by atoms with E-state index in [-0.39, 0.29) is 18.5 Å². The molecule has 2 aromatic carbocycles. The summed E-state index contributed by atoms with van der Waals surface area (Å²) in [6.45, 7) is 2.20. The van der Waals surface area contributed by atoms with Crippen LogP contribution in [0.15, 0.2) is 85.2 Å². The lowest BCUT2D eigenvalue weighted by Gasteiger charge is -2.09. The highest BCUT2D eigenvalue weighted by atomic mass is 19.4. The van der Waals surface area contributed by atoms with E-state index in [0.717, 1.165) is 36.4 Å². The molecule has 10 nitrogen and oxygen atoms in total. The first kappa shape index (κ1) is 33.0. The van der Waals surface area contributed by atoms with E-state index in [2.05, 4.69) is 20.2 Å². The van der Waals surface area contributed by atoms with Gasteiger partial charge in [-0.2, -0.15) is 50.6 Å². The average molecular weight is 643 g/mol. The van der Waals surface area contributed by atoms with Crippen molar-refractivity contribution in [2.75, 3.05) is 0 Å². The predicted molar refractivity (Wildman–Crippen MR) is 148 cm³/mol. The summed E-state index contributed by atoms with van der Waals surface area (Å²) in [7, 11) is 0. The van der Waals surface area contributed by atoms with Gasteiger partial charge in [-0.15, -0.1) is 0 Å². The number of rotatable bonds is 5. The van der Waals surface area contributed by atoms with Crippen molar-refractivity contribution in [1.29, 1.82) is 0 Å². The van der Waals surface area contributed by atoms with E-state index in [4.69, 9.17) is 14.3 Å². The van der Waals surface area contributed by atoms with Gasteiger partial charge in [-0.05, 0) is 55.0 Å². The first-order valence-electron chi connectivity index (χ1n) is 13.0. The number of alkyl halides is 6. The molecule has 4 heterocycles. The fraction of sp³-hybridized carbons (Fsp3) is 0.133. The Balaban J connectivity index is 0.000000193. The van der Waals surface area contributed by atoms with Crippen LogP contribution < -0.4 is 4.74 Å². The first-order valence-corrected chi connectivity index (χ1v) is 13.0. The number of carbonyl (C=O) groups is 1. The Morgan fingerprint density at radius 1 is 0.739 bits per heavy atom. The molecule has 0 amide bonds. The van der Waals surface area contributed by atoms with Gasteiger partial charge in [-0.3, -0.25) is 4.79 Å². The molecule has 0 atom stereocenters. The van der Waals surface area contributed by atoms with E-state index in [1.165, 1.54) is 28.9 Å². The second kappa shape index (κ2) is 13.8. The largest absolute Gasteiger partial charge is 0.416 e. The Morgan fingerprint density at radius 2 is 1.22 bits per heavy atom. The van der Waals surface area contributed by atoms with Gasteiger partial charge in [-0.1, -0.05) is 31.2 Å². The van der Waals surface area contributed by atoms with Gasteiger partial charge in [0.2, 0.25) is 5.88 Å². The van der Waals surface area contributed by atoms with Crippen LogP contribution in [0.4, 0.5) is 26.3 Å². The van der Waals surface area contributed by atoms with Crippen LogP contribution in [0.5, 0.6) is 5.88 Å². The van der Waals surface area contributed by atoms with Crippen molar-refractivity contribution < 1.29 is 45.5 Å². The molecule has 6 aromatic rings. The van der Waals surface area contributed by atoms with E-state index in [0.29, 0.717) is 33.8 Å². The number of halogens is 6. The molecule has 0 N–H and O–H groups in total. The summed E-state index contributed by atoms with van der Waals surface area (Å²) >= 11 is 0. The number of hydrogen-bond donors (Lipinski definition) is 0. The first-order chi connectivity index (χ1) is 21.9. The minimum absolute atomic E-state index is 0.0822. The number of imidazole rings is 2. The van der Waals surface area contributed by atoms with Crippen LogP contribution >= 0.6 is 0 Å². The zero-order valence-corrected chi connectivity index (χ0v) is 23.5. The van der Waals surface area contributed by atoms with E-state index in [9.17, 15) is 31.1 Å². The van der Waals surface area contributed by atoms with Crippen LogP contribution in [-0.2, 0) is 33.2 Å². The SMILES string of the molecule is CCc1cnc2ccc(-c3cccc(C(F)(F)F)c3)nn12.O=C=O.O=COc1cnc2ccc(-c3cccc(C(F)(F)F)c3)nn12. The smallest absolute Gasteiger partial charge is 0.408 e. The molecule has 0 bridgehead atoms. The maximum Gasteiger partial charge on any atom is 0.416 e. The minimum Gasteiger partial charge on any atom is -0.408 e. The summed E-state index contributed by atoms with van der Waals surface area (Å²) in [6, 6.07) is 16.5. The van der Waals surface area contributed by atoms with Gasteiger partial charge in [0.1, 0.15) is 0 Å². The molecule has 0 aliphatic heterocycles. The average Bonchev–Trinajstić information content (AvgIpc) is 3.64. The van der Waals surface area contributed by atoms with Crippen LogP contribution in [0.25, 0.3) is 33.8 Å². The number of hydrogen-bond acceptors (Lipinski definition) is 8. The van der Waals surface area contributed by atoms with Gasteiger partial charge in [0.15, 0.2) is 11.3 Å². The fourth-order valence-electron chi connectivity index (χ4n) is 4.16. The second-order valence-corrected chi connectivity index (χ2v) is 9.13. The van der Waals surface area contributed by atoms with Crippen LogP contribution in [0.3, 0.4) is 0 Å². The number of aromatic nitrogens is 6. The Bertz CT molecular complexity index is 2010. The normalized spacial score (nSPS) is 11.2. The fourth-order valence-corrected chi connectivity index (χ4v) is 4.16. The number of aryl methyl sites for hydroxylation is 1. The van der Waals surface area contributed by atoms with Crippen molar-refractivity contribution in [3.8, 4) is 28.4 Å². The summed E-state index contributed by atoms with van der Waals surface area (Å²) in [6.07, 6.45) is -4.77. The highest BCUT2D eigenvalue weighted by Gasteiger charge is 2.31. The van der Waals surface area contributed by atoms with Gasteiger partial charge >= 0.3 is 18.5 Å². The number of nitrogens with zero attached hydrogens (tertiary/aromatic N) is 6. The zero-order valence-electron chi connectivity index (χ0n) is 23.5. The molecule has 0 aliphatic rings. The lowest BCUT2D eigenvalue weighted by atomic mass is 10.1. The molecule has 0 spiro atoms. The molecule has 0 radical (unpaired) electrons. The maximum absolute atomic E-state index is 12.8. The molecule has 46 heavy (non-hydrogen) atoms. The van der Waals surface area contributed by atoms with Gasteiger partial charge in [0, 0.05) is 11.1 Å². The summed E-state index contributed by atoms with van der Waals surface area (Å²) in [4.78, 5) is 34.8. The van der Waals surface area contributed by atoms with Crippen molar-refractivity contribution in [2.24, 2.45) is 0 Å². The third-order valence-corrected chi connectivity index (χ3v) is 6.27. The molecule has 0 saturated carbocycles. The Kier molecular flexibility index (Phi) is 9.92. The number of carbonyl (C=O) groups excluding carboxylic acids is 3. The van der Waals surface area contributed by atoms with Gasteiger partial charge in [0.05, 0.1) is 40.6 Å². The highest BCUT2D eigenvalue weighted by Crippen LogP contribution is 2.33. The third kappa shape index (κ3) is 7.60. The standard InChI is InChI=1S/C15H12F3N3.C14H8F3N3O2.CO2/c1-2-12-9-19-14-7-6-13(20-21(12)14)10-4-3-5-11(8-10)15(16,17)18;15-14(16,17)10-3-1-2-9(6-10)11-4-5-12-18-7-13(22-8-21)20(12)19-11;2-1-3/h3-9H,2H2,1H3;1-8H;. The number of benzene rings is 2. The molecule has 4 aromatic heterocycles. The van der Waals surface area contributed by atoms with E-state index < -0.39 is 23.5 Å². The number of fused-ring (bicyclic) bond motifs is 2. The van der Waals surface area contributed by atoms with Crippen LogP contribution in [0.2, 0.25) is 0 Å². The van der Waals surface area contributed by atoms with Crippen molar-refractivity contribution in [1.82, 2.24) is 29.2 Å². The summed E-state index contributed by atoms with van der Waals surface area (Å²) < 4.78 is 84.2. The van der Waals surface area contributed by atoms with Crippen molar-refractivity contribution >= 4 is 23.9 Å². The van der Waals surface area contributed by atoms with Crippen LogP contribution in [-0.4, -0.2) is 41.8 Å². The number of ether oxygens (including phenoxy) is 1. The molecule has 0 unspecified atom stereocenters.